The van der Waals surface area contributed by atoms with Gasteiger partial charge in [0.15, 0.2) is 0 Å². The predicted octanol–water partition coefficient (Wildman–Crippen LogP) is 9.78. The van der Waals surface area contributed by atoms with Crippen molar-refractivity contribution in [1.29, 1.82) is 0 Å². The van der Waals surface area contributed by atoms with E-state index in [0.29, 0.717) is 0 Å². The Kier molecular flexibility index (Phi) is 4.75. The first-order valence-electron chi connectivity index (χ1n) is 15.8. The molecule has 0 fully saturated rings. The van der Waals surface area contributed by atoms with Crippen LogP contribution in [0.3, 0.4) is 0 Å². The van der Waals surface area contributed by atoms with Gasteiger partial charge in [-0.2, -0.15) is 0 Å². The monoisotopic (exact) mass is 600 g/mol. The largest absolute Gasteiger partial charge is 0.307 e. The summed E-state index contributed by atoms with van der Waals surface area (Å²) in [6.07, 6.45) is 5.55. The standard InChI is InChI=1S/C41H24N6/c1-3-10-25(11-4-1)45-33-16-8-7-14-27(33)28-17-18-29-37-34(46(39(29)38(28)45)26-12-5-2-6-13-26)20-19-31-36(37)30-15-9-22-43-40(30)47-35-24-42-23-21-32(35)44-41(31)47/h1-24H. The molecule has 5 aromatic carbocycles. The third-order valence-electron chi connectivity index (χ3n) is 9.72. The van der Waals surface area contributed by atoms with E-state index in [9.17, 15) is 0 Å². The van der Waals surface area contributed by atoms with Crippen molar-refractivity contribution in [3.63, 3.8) is 0 Å². The van der Waals surface area contributed by atoms with Crippen molar-refractivity contribution in [2.45, 2.75) is 0 Å². The lowest BCUT2D eigenvalue weighted by molar-refractivity contribution is 1.15. The maximum absolute atomic E-state index is 5.15. The molecule has 0 saturated heterocycles. The van der Waals surface area contributed by atoms with E-state index >= 15 is 0 Å². The molecule has 0 atom stereocenters. The lowest BCUT2D eigenvalue weighted by Gasteiger charge is -2.12. The first-order chi connectivity index (χ1) is 23.4. The van der Waals surface area contributed by atoms with Gasteiger partial charge < -0.3 is 9.13 Å². The number of rotatable bonds is 2. The Morgan fingerprint density at radius 1 is 0.426 bits per heavy atom. The van der Waals surface area contributed by atoms with E-state index in [1.54, 1.807) is 6.20 Å². The van der Waals surface area contributed by atoms with Crippen LogP contribution in [0.25, 0.3) is 93.5 Å². The number of aromatic nitrogens is 6. The quantitative estimate of drug-likeness (QED) is 0.186. The maximum atomic E-state index is 5.15. The number of nitrogens with zero attached hydrogens (tertiary/aromatic N) is 6. The van der Waals surface area contributed by atoms with Crippen molar-refractivity contribution in [3.8, 4) is 11.4 Å². The van der Waals surface area contributed by atoms with Crippen molar-refractivity contribution in [1.82, 2.24) is 28.5 Å². The first kappa shape index (κ1) is 24.8. The zero-order valence-corrected chi connectivity index (χ0v) is 25.0. The molecule has 0 unspecified atom stereocenters. The van der Waals surface area contributed by atoms with Crippen LogP contribution in [0.5, 0.6) is 0 Å². The lowest BCUT2D eigenvalue weighted by Crippen LogP contribution is -1.98. The second-order valence-corrected chi connectivity index (χ2v) is 12.1. The van der Waals surface area contributed by atoms with Crippen LogP contribution < -0.4 is 0 Å². The number of benzene rings is 5. The second kappa shape index (κ2) is 9.02. The summed E-state index contributed by atoms with van der Waals surface area (Å²) in [4.78, 5) is 14.5. The first-order valence-corrected chi connectivity index (χ1v) is 15.8. The minimum Gasteiger partial charge on any atom is -0.307 e. The third-order valence-corrected chi connectivity index (χ3v) is 9.72. The summed E-state index contributed by atoms with van der Waals surface area (Å²) >= 11 is 0. The normalized spacial score (nSPS) is 12.3. The van der Waals surface area contributed by atoms with Crippen LogP contribution in [-0.2, 0) is 0 Å². The molecule has 6 aromatic heterocycles. The maximum Gasteiger partial charge on any atom is 0.147 e. The van der Waals surface area contributed by atoms with Crippen molar-refractivity contribution in [3.05, 3.63) is 146 Å². The Hall–Kier alpha value is -6.53. The highest BCUT2D eigenvalue weighted by molar-refractivity contribution is 6.33. The van der Waals surface area contributed by atoms with Crippen LogP contribution in [0.4, 0.5) is 0 Å². The van der Waals surface area contributed by atoms with Gasteiger partial charge in [0.1, 0.15) is 11.3 Å². The van der Waals surface area contributed by atoms with Gasteiger partial charge in [0, 0.05) is 61.5 Å². The van der Waals surface area contributed by atoms with Crippen molar-refractivity contribution >= 4 is 82.1 Å². The van der Waals surface area contributed by atoms with Gasteiger partial charge in [-0.25, -0.2) is 9.97 Å². The van der Waals surface area contributed by atoms with Gasteiger partial charge in [0.25, 0.3) is 0 Å². The molecule has 6 heteroatoms. The summed E-state index contributed by atoms with van der Waals surface area (Å²) in [6, 6.07) is 45.5. The third kappa shape index (κ3) is 3.16. The number of pyridine rings is 3. The molecular formula is C41H24N6. The molecule has 0 aliphatic rings. The molecule has 0 N–H and O–H groups in total. The fraction of sp³-hybridized carbons (Fsp3) is 0. The fourth-order valence-corrected chi connectivity index (χ4v) is 7.89. The summed E-state index contributed by atoms with van der Waals surface area (Å²) < 4.78 is 7.04. The summed E-state index contributed by atoms with van der Waals surface area (Å²) in [6.45, 7) is 0. The van der Waals surface area contributed by atoms with E-state index in [-0.39, 0.29) is 0 Å². The Morgan fingerprint density at radius 2 is 1.09 bits per heavy atom. The number of para-hydroxylation sites is 3. The van der Waals surface area contributed by atoms with Gasteiger partial charge in [-0.3, -0.25) is 9.38 Å². The lowest BCUT2D eigenvalue weighted by atomic mass is 10.0. The van der Waals surface area contributed by atoms with Gasteiger partial charge in [-0.05, 0) is 60.7 Å². The van der Waals surface area contributed by atoms with Crippen molar-refractivity contribution in [2.24, 2.45) is 0 Å². The van der Waals surface area contributed by atoms with Crippen molar-refractivity contribution < 1.29 is 0 Å². The van der Waals surface area contributed by atoms with E-state index in [0.717, 1.165) is 55.4 Å². The highest BCUT2D eigenvalue weighted by Gasteiger charge is 2.24. The Bertz CT molecular complexity index is 3060. The van der Waals surface area contributed by atoms with Gasteiger partial charge in [0.05, 0.1) is 39.3 Å². The average Bonchev–Trinajstić information content (AvgIpc) is 3.80. The van der Waals surface area contributed by atoms with E-state index in [1.165, 1.54) is 38.1 Å². The highest BCUT2D eigenvalue weighted by Crippen LogP contribution is 2.45. The van der Waals surface area contributed by atoms with Gasteiger partial charge in [0.2, 0.25) is 0 Å². The van der Waals surface area contributed by atoms with Gasteiger partial charge >= 0.3 is 0 Å². The summed E-state index contributed by atoms with van der Waals surface area (Å²) in [5.74, 6) is 0. The summed E-state index contributed by atoms with van der Waals surface area (Å²) in [5, 5.41) is 8.17. The summed E-state index contributed by atoms with van der Waals surface area (Å²) in [5.41, 5.74) is 10.5. The Balaban J connectivity index is 1.45. The van der Waals surface area contributed by atoms with Crippen LogP contribution >= 0.6 is 0 Å². The molecule has 0 bridgehead atoms. The molecule has 0 aliphatic heterocycles. The molecule has 11 rings (SSSR count). The van der Waals surface area contributed by atoms with Gasteiger partial charge in [-0.15, -0.1) is 0 Å². The molecule has 6 nitrogen and oxygen atoms in total. The van der Waals surface area contributed by atoms with Crippen molar-refractivity contribution in [2.75, 3.05) is 0 Å². The van der Waals surface area contributed by atoms with Crippen LogP contribution in [0.2, 0.25) is 0 Å². The van der Waals surface area contributed by atoms with Crippen LogP contribution in [0, 0.1) is 0 Å². The second-order valence-electron chi connectivity index (χ2n) is 12.1. The van der Waals surface area contributed by atoms with Crippen LogP contribution in [-0.4, -0.2) is 28.5 Å². The van der Waals surface area contributed by atoms with Gasteiger partial charge in [-0.1, -0.05) is 66.7 Å². The zero-order chi connectivity index (χ0) is 30.6. The van der Waals surface area contributed by atoms with E-state index in [1.807, 2.05) is 24.5 Å². The molecule has 0 aliphatic carbocycles. The number of hydrogen-bond donors (Lipinski definition) is 0. The average molecular weight is 601 g/mol. The summed E-state index contributed by atoms with van der Waals surface area (Å²) in [7, 11) is 0. The van der Waals surface area contributed by atoms with E-state index in [4.69, 9.17) is 9.97 Å². The Morgan fingerprint density at radius 3 is 1.91 bits per heavy atom. The number of fused-ring (bicyclic) bond motifs is 16. The Labute approximate surface area is 267 Å². The van der Waals surface area contributed by atoms with E-state index in [2.05, 4.69) is 134 Å². The molecule has 218 valence electrons. The van der Waals surface area contributed by atoms with Crippen LogP contribution in [0.1, 0.15) is 0 Å². The number of imidazole rings is 1. The highest BCUT2D eigenvalue weighted by atomic mass is 15.1. The molecule has 11 aromatic rings. The van der Waals surface area contributed by atoms with E-state index < -0.39 is 0 Å². The predicted molar refractivity (Wildman–Crippen MR) is 192 cm³/mol. The minimum absolute atomic E-state index is 0.873. The SMILES string of the molecule is c1ccc(-n2c3ccccc3c3ccc4c5c6c7cccnc7n7c8cnccc8nc7c6ccc5n(-c5ccccc5)c4c32)cc1. The minimum atomic E-state index is 0.873. The van der Waals surface area contributed by atoms with Crippen LogP contribution in [0.15, 0.2) is 146 Å². The topological polar surface area (TPSA) is 52.9 Å². The number of hydrogen-bond acceptors (Lipinski definition) is 3. The zero-order valence-electron chi connectivity index (χ0n) is 25.0. The molecule has 0 spiro atoms. The molecule has 0 amide bonds. The molecule has 0 radical (unpaired) electrons. The smallest absolute Gasteiger partial charge is 0.147 e. The molecule has 0 saturated carbocycles. The molecular weight excluding hydrogens is 576 g/mol. The molecule has 47 heavy (non-hydrogen) atoms. The fourth-order valence-electron chi connectivity index (χ4n) is 7.89. The molecule has 6 heterocycles.